The Balaban J connectivity index is 3.09. The first kappa shape index (κ1) is 16.9. The second kappa shape index (κ2) is 6.56. The van der Waals surface area contributed by atoms with E-state index in [1.54, 1.807) is 13.0 Å². The lowest BCUT2D eigenvalue weighted by molar-refractivity contribution is 0.0947. The molecule has 1 amide bonds. The molecule has 0 fully saturated rings. The second-order valence-electron chi connectivity index (χ2n) is 4.87. The molecule has 5 nitrogen and oxygen atoms in total. The summed E-state index contributed by atoms with van der Waals surface area (Å²) in [5, 5.41) is 7.90. The van der Waals surface area contributed by atoms with E-state index >= 15 is 0 Å². The first-order valence-corrected chi connectivity index (χ1v) is 8.20. The van der Waals surface area contributed by atoms with Crippen LogP contribution in [0.2, 0.25) is 5.02 Å². The summed E-state index contributed by atoms with van der Waals surface area (Å²) in [5.74, 6) is 0.0139. The van der Waals surface area contributed by atoms with Gasteiger partial charge < -0.3 is 5.32 Å². The highest BCUT2D eigenvalue weighted by atomic mass is 35.5. The largest absolute Gasteiger partial charge is 0.352 e. The molecule has 0 saturated carbocycles. The van der Waals surface area contributed by atoms with Crippen molar-refractivity contribution in [3.63, 3.8) is 0 Å². The number of aryl methyl sites for hydroxylation is 1. The van der Waals surface area contributed by atoms with Crippen LogP contribution in [0.15, 0.2) is 17.0 Å². The summed E-state index contributed by atoms with van der Waals surface area (Å²) in [7, 11) is -3.96. The van der Waals surface area contributed by atoms with Crippen LogP contribution in [0.3, 0.4) is 0 Å². The molecule has 0 spiro atoms. The average Bonchev–Trinajstić information content (AvgIpc) is 2.36. The van der Waals surface area contributed by atoms with Crippen LogP contribution in [-0.2, 0) is 10.0 Å². The minimum absolute atomic E-state index is 0.0472. The van der Waals surface area contributed by atoms with Crippen LogP contribution in [0.5, 0.6) is 0 Å². The van der Waals surface area contributed by atoms with E-state index in [1.165, 1.54) is 6.07 Å². The predicted molar refractivity (Wildman–Crippen MR) is 79.4 cm³/mol. The van der Waals surface area contributed by atoms with Gasteiger partial charge in [-0.1, -0.05) is 31.9 Å². The van der Waals surface area contributed by atoms with Gasteiger partial charge in [-0.15, -0.1) is 0 Å². The van der Waals surface area contributed by atoms with E-state index in [-0.39, 0.29) is 21.4 Å². The van der Waals surface area contributed by atoms with Crippen LogP contribution in [-0.4, -0.2) is 20.9 Å². The third kappa shape index (κ3) is 4.19. The standard InChI is InChI=1S/C13H19ClN2O3S/c1-4-8(2)7-16-13(17)10-5-9(3)12(14)11(6-10)20(15,18)19/h5-6,8H,4,7H2,1-3H3,(H,16,17)(H2,15,18,19). The topological polar surface area (TPSA) is 89.3 Å². The lowest BCUT2D eigenvalue weighted by atomic mass is 10.1. The number of halogens is 1. The first-order chi connectivity index (χ1) is 9.16. The molecule has 0 aliphatic rings. The quantitative estimate of drug-likeness (QED) is 0.871. The fraction of sp³-hybridized carbons (Fsp3) is 0.462. The zero-order valence-electron chi connectivity index (χ0n) is 11.7. The molecule has 0 saturated heterocycles. The van der Waals surface area contributed by atoms with Gasteiger partial charge in [0.2, 0.25) is 10.0 Å². The molecule has 20 heavy (non-hydrogen) atoms. The molecular formula is C13H19ClN2O3S. The van der Waals surface area contributed by atoms with Gasteiger partial charge >= 0.3 is 0 Å². The van der Waals surface area contributed by atoms with E-state index < -0.39 is 10.0 Å². The number of nitrogens with one attached hydrogen (secondary N) is 1. The lowest BCUT2D eigenvalue weighted by Crippen LogP contribution is -2.28. The number of hydrogen-bond donors (Lipinski definition) is 2. The highest BCUT2D eigenvalue weighted by Gasteiger charge is 2.18. The minimum Gasteiger partial charge on any atom is -0.352 e. The minimum atomic E-state index is -3.96. The van der Waals surface area contributed by atoms with Crippen LogP contribution < -0.4 is 10.5 Å². The van der Waals surface area contributed by atoms with Crippen molar-refractivity contribution in [2.45, 2.75) is 32.1 Å². The van der Waals surface area contributed by atoms with Crippen molar-refractivity contribution in [1.82, 2.24) is 5.32 Å². The maximum absolute atomic E-state index is 12.0. The van der Waals surface area contributed by atoms with Crippen molar-refractivity contribution in [2.24, 2.45) is 11.1 Å². The number of benzene rings is 1. The molecule has 3 N–H and O–H groups in total. The van der Waals surface area contributed by atoms with Gasteiger partial charge in [0.1, 0.15) is 4.90 Å². The average molecular weight is 319 g/mol. The van der Waals surface area contributed by atoms with Gasteiger partial charge in [0.15, 0.2) is 0 Å². The Morgan fingerprint density at radius 1 is 1.45 bits per heavy atom. The van der Waals surface area contributed by atoms with Crippen molar-refractivity contribution in [1.29, 1.82) is 0 Å². The normalized spacial score (nSPS) is 13.1. The molecule has 1 rings (SSSR count). The van der Waals surface area contributed by atoms with Gasteiger partial charge in [0.05, 0.1) is 5.02 Å². The molecular weight excluding hydrogens is 300 g/mol. The van der Waals surface area contributed by atoms with Crippen LogP contribution in [0.4, 0.5) is 0 Å². The van der Waals surface area contributed by atoms with Gasteiger partial charge in [-0.2, -0.15) is 0 Å². The Kier molecular flexibility index (Phi) is 5.56. The molecule has 0 aromatic heterocycles. The van der Waals surface area contributed by atoms with Crippen molar-refractivity contribution in [2.75, 3.05) is 6.54 Å². The number of primary sulfonamides is 1. The molecule has 0 radical (unpaired) electrons. The van der Waals surface area contributed by atoms with Crippen LogP contribution in [0.1, 0.15) is 36.2 Å². The van der Waals surface area contributed by atoms with Crippen molar-refractivity contribution in [3.05, 3.63) is 28.3 Å². The van der Waals surface area contributed by atoms with Gasteiger partial charge in [-0.25, -0.2) is 13.6 Å². The van der Waals surface area contributed by atoms with E-state index in [0.717, 1.165) is 6.42 Å². The number of rotatable bonds is 5. The number of nitrogens with two attached hydrogens (primary N) is 1. The highest BCUT2D eigenvalue weighted by Crippen LogP contribution is 2.25. The third-order valence-corrected chi connectivity index (χ3v) is 4.65. The van der Waals surface area contributed by atoms with Crippen LogP contribution >= 0.6 is 11.6 Å². The number of hydrogen-bond acceptors (Lipinski definition) is 3. The molecule has 0 aliphatic heterocycles. The summed E-state index contributed by atoms with van der Waals surface area (Å²) in [6.07, 6.45) is 0.947. The number of carbonyl (C=O) groups is 1. The molecule has 112 valence electrons. The zero-order valence-corrected chi connectivity index (χ0v) is 13.3. The van der Waals surface area contributed by atoms with Gasteiger partial charge in [-0.3, -0.25) is 4.79 Å². The summed E-state index contributed by atoms with van der Waals surface area (Å²) in [6, 6.07) is 2.75. The van der Waals surface area contributed by atoms with Crippen LogP contribution in [0, 0.1) is 12.8 Å². The second-order valence-corrected chi connectivity index (χ2v) is 6.78. The monoisotopic (exact) mass is 318 g/mol. The van der Waals surface area contributed by atoms with E-state index in [2.05, 4.69) is 5.32 Å². The van der Waals surface area contributed by atoms with E-state index in [9.17, 15) is 13.2 Å². The van der Waals surface area contributed by atoms with E-state index in [4.69, 9.17) is 16.7 Å². The molecule has 1 aromatic rings. The Bertz CT molecular complexity index is 614. The first-order valence-electron chi connectivity index (χ1n) is 6.28. The predicted octanol–water partition coefficient (Wildman–Crippen LogP) is 2.07. The SMILES string of the molecule is CCC(C)CNC(=O)c1cc(C)c(Cl)c(S(N)(=O)=O)c1. The third-order valence-electron chi connectivity index (χ3n) is 3.10. The maximum Gasteiger partial charge on any atom is 0.251 e. The highest BCUT2D eigenvalue weighted by molar-refractivity contribution is 7.89. The molecule has 1 unspecified atom stereocenters. The van der Waals surface area contributed by atoms with E-state index in [0.29, 0.717) is 18.0 Å². The summed E-state index contributed by atoms with van der Waals surface area (Å²) >= 11 is 5.91. The number of sulfonamides is 1. The van der Waals surface area contributed by atoms with Gasteiger partial charge in [0.25, 0.3) is 5.91 Å². The molecule has 0 bridgehead atoms. The van der Waals surface area contributed by atoms with Crippen molar-refractivity contribution < 1.29 is 13.2 Å². The summed E-state index contributed by atoms with van der Waals surface area (Å²) < 4.78 is 22.9. The van der Waals surface area contributed by atoms with Crippen molar-refractivity contribution >= 4 is 27.5 Å². The number of carbonyl (C=O) groups excluding carboxylic acids is 1. The Morgan fingerprint density at radius 3 is 2.55 bits per heavy atom. The Morgan fingerprint density at radius 2 is 2.05 bits per heavy atom. The smallest absolute Gasteiger partial charge is 0.251 e. The maximum atomic E-state index is 12.0. The summed E-state index contributed by atoms with van der Waals surface area (Å²) in [5.41, 5.74) is 0.728. The molecule has 1 atom stereocenters. The summed E-state index contributed by atoms with van der Waals surface area (Å²) in [6.45, 7) is 6.20. The number of amides is 1. The van der Waals surface area contributed by atoms with Crippen molar-refractivity contribution in [3.8, 4) is 0 Å². The Labute approximate surface area is 124 Å². The molecule has 0 heterocycles. The molecule has 0 aliphatic carbocycles. The summed E-state index contributed by atoms with van der Waals surface area (Å²) in [4.78, 5) is 11.8. The zero-order chi connectivity index (χ0) is 15.5. The fourth-order valence-electron chi connectivity index (χ4n) is 1.59. The molecule has 7 heteroatoms. The molecule has 1 aromatic carbocycles. The van der Waals surface area contributed by atoms with Crippen LogP contribution in [0.25, 0.3) is 0 Å². The van der Waals surface area contributed by atoms with Gasteiger partial charge in [0, 0.05) is 12.1 Å². The van der Waals surface area contributed by atoms with Gasteiger partial charge in [-0.05, 0) is 30.5 Å². The Hall–Kier alpha value is -1.11. The fourth-order valence-corrected chi connectivity index (χ4v) is 2.72. The lowest BCUT2D eigenvalue weighted by Gasteiger charge is -2.12. The van der Waals surface area contributed by atoms with E-state index in [1.807, 2.05) is 13.8 Å².